The second kappa shape index (κ2) is 5.85. The first-order chi connectivity index (χ1) is 8.20. The predicted octanol–water partition coefficient (Wildman–Crippen LogP) is 5.18. The molecule has 0 saturated heterocycles. The Hall–Kier alpha value is -0.580. The molecule has 0 unspecified atom stereocenters. The lowest BCUT2D eigenvalue weighted by Crippen LogP contribution is -1.83. The van der Waals surface area contributed by atoms with E-state index in [1.54, 1.807) is 18.3 Å². The average molecular weight is 282 g/mol. The Labute approximate surface area is 114 Å². The largest absolute Gasteiger partial charge is 0.294 e. The van der Waals surface area contributed by atoms with Gasteiger partial charge in [-0.25, -0.2) is 0 Å². The molecule has 4 heteroatoms. The van der Waals surface area contributed by atoms with Crippen LogP contribution < -0.4 is 0 Å². The summed E-state index contributed by atoms with van der Waals surface area (Å²) in [6.07, 6.45) is 1.20. The first-order valence-electron chi connectivity index (χ1n) is 5.54. The van der Waals surface area contributed by atoms with Gasteiger partial charge in [0, 0.05) is 9.75 Å². The number of ketones is 1. The van der Waals surface area contributed by atoms with Crippen molar-refractivity contribution in [2.24, 2.45) is 0 Å². The number of thiophene rings is 2. The minimum Gasteiger partial charge on any atom is -0.294 e. The quantitative estimate of drug-likeness (QED) is 0.555. The molecule has 0 spiro atoms. The number of thioether (sulfide) groups is 1. The van der Waals surface area contributed by atoms with E-state index in [9.17, 15) is 4.79 Å². The Kier molecular flexibility index (Phi) is 4.42. The SMILES string of the molecule is CCCSc1ccc(-c2ccc(C(C)=O)s2)s1. The van der Waals surface area contributed by atoms with Gasteiger partial charge in [0.15, 0.2) is 5.78 Å². The van der Waals surface area contributed by atoms with E-state index in [0.717, 1.165) is 4.88 Å². The van der Waals surface area contributed by atoms with Crippen LogP contribution in [0.4, 0.5) is 0 Å². The van der Waals surface area contributed by atoms with Gasteiger partial charge >= 0.3 is 0 Å². The third kappa shape index (κ3) is 3.21. The van der Waals surface area contributed by atoms with Crippen molar-refractivity contribution >= 4 is 40.2 Å². The van der Waals surface area contributed by atoms with E-state index in [4.69, 9.17) is 0 Å². The molecule has 0 radical (unpaired) electrons. The zero-order chi connectivity index (χ0) is 12.3. The molecule has 2 aromatic heterocycles. The third-order valence-electron chi connectivity index (χ3n) is 2.23. The van der Waals surface area contributed by atoms with Crippen LogP contribution >= 0.6 is 34.4 Å². The van der Waals surface area contributed by atoms with E-state index in [0.29, 0.717) is 0 Å². The summed E-state index contributed by atoms with van der Waals surface area (Å²) in [4.78, 5) is 14.6. The van der Waals surface area contributed by atoms with Gasteiger partial charge in [-0.15, -0.1) is 34.4 Å². The maximum absolute atomic E-state index is 11.2. The van der Waals surface area contributed by atoms with Crippen molar-refractivity contribution < 1.29 is 4.79 Å². The van der Waals surface area contributed by atoms with Crippen LogP contribution in [0.1, 0.15) is 29.9 Å². The van der Waals surface area contributed by atoms with E-state index in [-0.39, 0.29) is 5.78 Å². The van der Waals surface area contributed by atoms with Crippen LogP contribution in [0.2, 0.25) is 0 Å². The number of Topliss-reactive ketones (excluding diaryl/α,β-unsaturated/α-hetero) is 1. The number of carbonyl (C=O) groups is 1. The Balaban J connectivity index is 2.15. The highest BCUT2D eigenvalue weighted by Crippen LogP contribution is 2.37. The van der Waals surface area contributed by atoms with Crippen molar-refractivity contribution in [3.05, 3.63) is 29.1 Å². The predicted molar refractivity (Wildman–Crippen MR) is 78.7 cm³/mol. The summed E-state index contributed by atoms with van der Waals surface area (Å²) in [5.74, 6) is 1.32. The summed E-state index contributed by atoms with van der Waals surface area (Å²) in [5.41, 5.74) is 0. The number of rotatable bonds is 5. The second-order valence-electron chi connectivity index (χ2n) is 3.69. The molecule has 1 nitrogen and oxygen atoms in total. The maximum atomic E-state index is 11.2. The highest BCUT2D eigenvalue weighted by molar-refractivity contribution is 8.01. The van der Waals surface area contributed by atoms with Gasteiger partial charge in [0.25, 0.3) is 0 Å². The van der Waals surface area contributed by atoms with E-state index in [1.165, 1.54) is 26.1 Å². The molecule has 0 aliphatic rings. The fourth-order valence-electron chi connectivity index (χ4n) is 1.39. The summed E-state index contributed by atoms with van der Waals surface area (Å²) >= 11 is 5.30. The first-order valence-corrected chi connectivity index (χ1v) is 8.16. The fraction of sp³-hybridized carbons (Fsp3) is 0.308. The Morgan fingerprint density at radius 2 is 1.88 bits per heavy atom. The van der Waals surface area contributed by atoms with Gasteiger partial charge in [0.1, 0.15) is 0 Å². The van der Waals surface area contributed by atoms with Crippen molar-refractivity contribution in [3.8, 4) is 9.75 Å². The van der Waals surface area contributed by atoms with Gasteiger partial charge in [0.05, 0.1) is 9.09 Å². The third-order valence-corrected chi connectivity index (χ3v) is 6.12. The molecule has 0 saturated carbocycles. The van der Waals surface area contributed by atoms with Crippen LogP contribution in [0.5, 0.6) is 0 Å². The lowest BCUT2D eigenvalue weighted by atomic mass is 10.3. The molecule has 2 aromatic rings. The summed E-state index contributed by atoms with van der Waals surface area (Å²) in [5, 5.41) is 0. The number of hydrogen-bond acceptors (Lipinski definition) is 4. The molecule has 90 valence electrons. The highest BCUT2D eigenvalue weighted by atomic mass is 32.2. The van der Waals surface area contributed by atoms with Crippen LogP contribution in [-0.2, 0) is 0 Å². The molecule has 0 atom stereocenters. The molecule has 17 heavy (non-hydrogen) atoms. The monoisotopic (exact) mass is 282 g/mol. The van der Waals surface area contributed by atoms with E-state index < -0.39 is 0 Å². The van der Waals surface area contributed by atoms with Gasteiger partial charge in [-0.2, -0.15) is 0 Å². The molecular formula is C13H14OS3. The second-order valence-corrected chi connectivity index (χ2v) is 7.25. The van der Waals surface area contributed by atoms with Crippen LogP contribution in [0.3, 0.4) is 0 Å². The Bertz CT molecular complexity index is 510. The van der Waals surface area contributed by atoms with Crippen molar-refractivity contribution in [1.29, 1.82) is 0 Å². The molecule has 0 bridgehead atoms. The van der Waals surface area contributed by atoms with Crippen molar-refractivity contribution in [2.75, 3.05) is 5.75 Å². The lowest BCUT2D eigenvalue weighted by molar-refractivity contribution is 0.102. The number of hydrogen-bond donors (Lipinski definition) is 0. The summed E-state index contributed by atoms with van der Waals surface area (Å²) in [7, 11) is 0. The summed E-state index contributed by atoms with van der Waals surface area (Å²) < 4.78 is 1.36. The lowest BCUT2D eigenvalue weighted by Gasteiger charge is -1.92. The molecule has 0 amide bonds. The minimum atomic E-state index is 0.151. The van der Waals surface area contributed by atoms with Crippen LogP contribution in [0, 0.1) is 0 Å². The first kappa shape index (κ1) is 12.9. The fourth-order valence-corrected chi connectivity index (χ4v) is 4.45. The van der Waals surface area contributed by atoms with E-state index in [1.807, 2.05) is 35.2 Å². The van der Waals surface area contributed by atoms with E-state index >= 15 is 0 Å². The van der Waals surface area contributed by atoms with Crippen molar-refractivity contribution in [1.82, 2.24) is 0 Å². The minimum absolute atomic E-state index is 0.151. The molecule has 2 rings (SSSR count). The average Bonchev–Trinajstić information content (AvgIpc) is 2.94. The van der Waals surface area contributed by atoms with Gasteiger partial charge in [-0.1, -0.05) is 6.92 Å². The molecule has 0 N–H and O–H groups in total. The summed E-state index contributed by atoms with van der Waals surface area (Å²) in [6, 6.07) is 8.29. The van der Waals surface area contributed by atoms with Gasteiger partial charge in [-0.05, 0) is 43.4 Å². The van der Waals surface area contributed by atoms with Gasteiger partial charge < -0.3 is 0 Å². The van der Waals surface area contributed by atoms with Crippen LogP contribution in [0.25, 0.3) is 9.75 Å². The zero-order valence-electron chi connectivity index (χ0n) is 9.86. The molecule has 0 aliphatic heterocycles. The Morgan fingerprint density at radius 3 is 2.53 bits per heavy atom. The molecule has 2 heterocycles. The smallest absolute Gasteiger partial charge is 0.169 e. The summed E-state index contributed by atoms with van der Waals surface area (Å²) in [6.45, 7) is 3.81. The standard InChI is InChI=1S/C13H14OS3/c1-3-8-15-13-7-6-12(17-13)11-5-4-10(16-11)9(2)14/h4-7H,3,8H2,1-2H3. The Morgan fingerprint density at radius 1 is 1.18 bits per heavy atom. The van der Waals surface area contributed by atoms with Crippen LogP contribution in [-0.4, -0.2) is 11.5 Å². The normalized spacial score (nSPS) is 10.7. The van der Waals surface area contributed by atoms with Gasteiger partial charge in [0.2, 0.25) is 0 Å². The van der Waals surface area contributed by atoms with Crippen molar-refractivity contribution in [2.45, 2.75) is 24.5 Å². The van der Waals surface area contributed by atoms with Gasteiger partial charge in [-0.3, -0.25) is 4.79 Å². The van der Waals surface area contributed by atoms with E-state index in [2.05, 4.69) is 19.1 Å². The van der Waals surface area contributed by atoms with Crippen LogP contribution in [0.15, 0.2) is 28.5 Å². The highest BCUT2D eigenvalue weighted by Gasteiger charge is 2.08. The topological polar surface area (TPSA) is 17.1 Å². The molecular weight excluding hydrogens is 268 g/mol. The number of carbonyl (C=O) groups excluding carboxylic acids is 1. The zero-order valence-corrected chi connectivity index (χ0v) is 12.3. The molecule has 0 aliphatic carbocycles. The molecule has 0 aromatic carbocycles. The van der Waals surface area contributed by atoms with Crippen molar-refractivity contribution in [3.63, 3.8) is 0 Å². The maximum Gasteiger partial charge on any atom is 0.169 e. The molecule has 0 fully saturated rings.